The molecule has 1 aliphatic carbocycles. The summed E-state index contributed by atoms with van der Waals surface area (Å²) in [5.74, 6) is 1.06. The molecule has 0 spiro atoms. The first-order valence-corrected chi connectivity index (χ1v) is 11.5. The molecule has 6 rings (SSSR count). The number of carbonyl (C=O) groups is 1. The lowest BCUT2D eigenvalue weighted by molar-refractivity contribution is -0.116. The molecule has 0 bridgehead atoms. The fourth-order valence-electron chi connectivity index (χ4n) is 5.43. The van der Waals surface area contributed by atoms with Crippen LogP contribution >= 0.6 is 0 Å². The highest BCUT2D eigenvalue weighted by Crippen LogP contribution is 2.50. The van der Waals surface area contributed by atoms with E-state index in [4.69, 9.17) is 4.42 Å². The van der Waals surface area contributed by atoms with Crippen molar-refractivity contribution in [3.63, 3.8) is 0 Å². The Balaban J connectivity index is 1.55. The van der Waals surface area contributed by atoms with Crippen LogP contribution in [0.4, 0.5) is 11.4 Å². The summed E-state index contributed by atoms with van der Waals surface area (Å²) in [6, 6.07) is 25.3. The van der Waals surface area contributed by atoms with Crippen LogP contribution in [0.15, 0.2) is 94.7 Å². The second kappa shape index (κ2) is 7.66. The van der Waals surface area contributed by atoms with E-state index in [1.807, 2.05) is 26.2 Å². The van der Waals surface area contributed by atoms with E-state index in [-0.39, 0.29) is 17.6 Å². The molecule has 3 aromatic carbocycles. The van der Waals surface area contributed by atoms with Gasteiger partial charge in [-0.05, 0) is 58.7 Å². The quantitative estimate of drug-likeness (QED) is 0.402. The number of ketones is 1. The van der Waals surface area contributed by atoms with Crippen LogP contribution in [-0.4, -0.2) is 19.9 Å². The normalized spacial score (nSPS) is 19.8. The zero-order valence-electron chi connectivity index (χ0n) is 18.8. The van der Waals surface area contributed by atoms with E-state index in [1.54, 1.807) is 6.26 Å². The molecule has 0 saturated heterocycles. The maximum Gasteiger partial charge on any atom is 0.162 e. The molecule has 2 aliphatic rings. The van der Waals surface area contributed by atoms with Crippen molar-refractivity contribution in [1.82, 2.24) is 0 Å². The van der Waals surface area contributed by atoms with Crippen LogP contribution in [0.3, 0.4) is 0 Å². The van der Waals surface area contributed by atoms with Gasteiger partial charge < -0.3 is 14.6 Å². The summed E-state index contributed by atoms with van der Waals surface area (Å²) in [6.07, 6.45) is 2.93. The van der Waals surface area contributed by atoms with Gasteiger partial charge in [-0.1, -0.05) is 42.5 Å². The summed E-state index contributed by atoms with van der Waals surface area (Å²) >= 11 is 0. The molecule has 0 amide bonds. The lowest BCUT2D eigenvalue weighted by Gasteiger charge is -2.37. The van der Waals surface area contributed by atoms with Crippen LogP contribution in [0, 0.1) is 0 Å². The topological polar surface area (TPSA) is 45.5 Å². The van der Waals surface area contributed by atoms with Gasteiger partial charge in [0.25, 0.3) is 0 Å². The number of nitrogens with one attached hydrogen (secondary N) is 1. The van der Waals surface area contributed by atoms with Crippen molar-refractivity contribution in [2.45, 2.75) is 24.7 Å². The van der Waals surface area contributed by atoms with Gasteiger partial charge in [-0.3, -0.25) is 4.79 Å². The first-order valence-electron chi connectivity index (χ1n) is 11.5. The standard InChI is InChI=1S/C29H26N2O2/c1-31(2)21-12-9-19(10-13-21)27-28-22-7-4-3-6-18(22)11-14-23(28)30-24-16-20(17-25(32)29(24)27)26-8-5-15-33-26/h3-15,20,27,30H,16-17H2,1-2H3/t20-,27+/m1/s1. The average molecular weight is 435 g/mol. The number of hydrogen-bond donors (Lipinski definition) is 1. The number of nitrogens with zero attached hydrogens (tertiary/aromatic N) is 1. The van der Waals surface area contributed by atoms with Crippen molar-refractivity contribution in [2.75, 3.05) is 24.3 Å². The van der Waals surface area contributed by atoms with Crippen molar-refractivity contribution >= 4 is 27.9 Å². The Bertz CT molecular complexity index is 1380. The Morgan fingerprint density at radius 2 is 1.73 bits per heavy atom. The van der Waals surface area contributed by atoms with E-state index in [1.165, 1.54) is 16.3 Å². The summed E-state index contributed by atoms with van der Waals surface area (Å²) in [4.78, 5) is 15.8. The first kappa shape index (κ1) is 19.9. The summed E-state index contributed by atoms with van der Waals surface area (Å²) in [5.41, 5.74) is 6.50. The van der Waals surface area contributed by atoms with Gasteiger partial charge in [0.2, 0.25) is 0 Å². The number of carbonyl (C=O) groups excluding carboxylic acids is 1. The predicted octanol–water partition coefficient (Wildman–Crippen LogP) is 6.46. The summed E-state index contributed by atoms with van der Waals surface area (Å²) < 4.78 is 5.67. The molecule has 4 nitrogen and oxygen atoms in total. The van der Waals surface area contributed by atoms with Crippen molar-refractivity contribution in [3.8, 4) is 0 Å². The Labute approximate surface area is 193 Å². The third-order valence-corrected chi connectivity index (χ3v) is 7.03. The molecule has 33 heavy (non-hydrogen) atoms. The highest BCUT2D eigenvalue weighted by molar-refractivity contribution is 6.04. The number of Topliss-reactive ketones (excluding diaryl/α,β-unsaturated/α-hetero) is 1. The molecular formula is C29H26N2O2. The number of furan rings is 1. The lowest BCUT2D eigenvalue weighted by Crippen LogP contribution is -2.29. The molecule has 0 saturated carbocycles. The van der Waals surface area contributed by atoms with Crippen LogP contribution in [0.5, 0.6) is 0 Å². The van der Waals surface area contributed by atoms with Crippen LogP contribution < -0.4 is 10.2 Å². The monoisotopic (exact) mass is 434 g/mol. The van der Waals surface area contributed by atoms with Crippen molar-refractivity contribution in [1.29, 1.82) is 0 Å². The van der Waals surface area contributed by atoms with E-state index < -0.39 is 0 Å². The number of hydrogen-bond acceptors (Lipinski definition) is 4. The Kier molecular flexibility index (Phi) is 4.61. The summed E-state index contributed by atoms with van der Waals surface area (Å²) in [7, 11) is 4.09. The minimum Gasteiger partial charge on any atom is -0.469 e. The highest BCUT2D eigenvalue weighted by Gasteiger charge is 2.39. The van der Waals surface area contributed by atoms with Gasteiger partial charge in [0, 0.05) is 55.0 Å². The Hall–Kier alpha value is -3.79. The van der Waals surface area contributed by atoms with Crippen LogP contribution in [0.2, 0.25) is 0 Å². The van der Waals surface area contributed by atoms with E-state index >= 15 is 0 Å². The molecule has 0 fully saturated rings. The van der Waals surface area contributed by atoms with E-state index in [0.29, 0.717) is 6.42 Å². The van der Waals surface area contributed by atoms with Gasteiger partial charge in [0.05, 0.1) is 6.26 Å². The summed E-state index contributed by atoms with van der Waals surface area (Å²) in [6.45, 7) is 0. The third kappa shape index (κ3) is 3.25. The SMILES string of the molecule is CN(C)c1ccc([C@@H]2C3=C(C[C@@H](c4ccco4)CC3=O)Nc3ccc4ccccc4c32)cc1. The minimum absolute atomic E-state index is 0.0672. The van der Waals surface area contributed by atoms with Gasteiger partial charge in [0.1, 0.15) is 5.76 Å². The minimum atomic E-state index is -0.0939. The van der Waals surface area contributed by atoms with Crippen molar-refractivity contribution in [3.05, 3.63) is 107 Å². The van der Waals surface area contributed by atoms with E-state index in [0.717, 1.165) is 40.4 Å². The smallest absolute Gasteiger partial charge is 0.162 e. The van der Waals surface area contributed by atoms with Crippen LogP contribution in [0.1, 0.15) is 41.6 Å². The fourth-order valence-corrected chi connectivity index (χ4v) is 5.43. The molecule has 1 aromatic heterocycles. The highest BCUT2D eigenvalue weighted by atomic mass is 16.3. The Morgan fingerprint density at radius 3 is 2.48 bits per heavy atom. The lowest BCUT2D eigenvalue weighted by atomic mass is 9.71. The zero-order valence-corrected chi connectivity index (χ0v) is 18.8. The number of rotatable bonds is 3. The van der Waals surface area contributed by atoms with Gasteiger partial charge in [0.15, 0.2) is 5.78 Å². The Morgan fingerprint density at radius 1 is 0.909 bits per heavy atom. The maximum atomic E-state index is 13.7. The van der Waals surface area contributed by atoms with Gasteiger partial charge >= 0.3 is 0 Å². The molecule has 1 aliphatic heterocycles. The third-order valence-electron chi connectivity index (χ3n) is 7.03. The molecule has 2 atom stereocenters. The second-order valence-corrected chi connectivity index (χ2v) is 9.23. The van der Waals surface area contributed by atoms with Gasteiger partial charge in [-0.2, -0.15) is 0 Å². The molecular weight excluding hydrogens is 408 g/mol. The zero-order chi connectivity index (χ0) is 22.5. The molecule has 4 heteroatoms. The molecule has 0 radical (unpaired) electrons. The van der Waals surface area contributed by atoms with Gasteiger partial charge in [-0.15, -0.1) is 0 Å². The van der Waals surface area contributed by atoms with E-state index in [9.17, 15) is 4.79 Å². The maximum absolute atomic E-state index is 13.7. The second-order valence-electron chi connectivity index (χ2n) is 9.23. The van der Waals surface area contributed by atoms with Crippen LogP contribution in [-0.2, 0) is 4.79 Å². The molecule has 164 valence electrons. The van der Waals surface area contributed by atoms with Crippen molar-refractivity contribution in [2.24, 2.45) is 0 Å². The van der Waals surface area contributed by atoms with Crippen LogP contribution in [0.25, 0.3) is 10.8 Å². The number of fused-ring (bicyclic) bond motifs is 3. The van der Waals surface area contributed by atoms with Gasteiger partial charge in [-0.25, -0.2) is 0 Å². The number of anilines is 2. The number of allylic oxidation sites excluding steroid dienone is 2. The molecule has 1 N–H and O–H groups in total. The number of benzene rings is 3. The summed E-state index contributed by atoms with van der Waals surface area (Å²) in [5, 5.41) is 6.03. The average Bonchev–Trinajstić information content (AvgIpc) is 3.38. The molecule has 2 heterocycles. The fraction of sp³-hybridized carbons (Fsp3) is 0.207. The molecule has 4 aromatic rings. The largest absolute Gasteiger partial charge is 0.469 e. The first-order chi connectivity index (χ1) is 16.1. The van der Waals surface area contributed by atoms with Crippen molar-refractivity contribution < 1.29 is 9.21 Å². The van der Waals surface area contributed by atoms with E-state index in [2.05, 4.69) is 70.9 Å². The predicted molar refractivity (Wildman–Crippen MR) is 133 cm³/mol. The molecule has 0 unspecified atom stereocenters.